The number of ether oxygens (including phenoxy) is 1. The van der Waals surface area contributed by atoms with Gasteiger partial charge in [0.2, 0.25) is 11.8 Å². The van der Waals surface area contributed by atoms with Crippen molar-refractivity contribution in [3.63, 3.8) is 0 Å². The van der Waals surface area contributed by atoms with Crippen LogP contribution < -0.4 is 21.1 Å². The van der Waals surface area contributed by atoms with Crippen molar-refractivity contribution >= 4 is 17.5 Å². The normalized spacial score (nSPS) is 17.0. The number of hydrogen-bond donors (Lipinski definition) is 3. The molecule has 27 heavy (non-hydrogen) atoms. The molecule has 0 aromatic heterocycles. The highest BCUT2D eigenvalue weighted by Crippen LogP contribution is 2.30. The summed E-state index contributed by atoms with van der Waals surface area (Å²) in [5.41, 5.74) is 8.76. The lowest BCUT2D eigenvalue weighted by atomic mass is 9.79. The number of rotatable bonds is 8. The summed E-state index contributed by atoms with van der Waals surface area (Å²) < 4.78 is 5.29. The first-order valence-corrected chi connectivity index (χ1v) is 9.82. The van der Waals surface area contributed by atoms with Crippen LogP contribution in [-0.2, 0) is 9.59 Å². The third-order valence-electron chi connectivity index (χ3n) is 5.43. The Morgan fingerprint density at radius 2 is 1.78 bits per heavy atom. The van der Waals surface area contributed by atoms with Crippen LogP contribution in [0.4, 0.5) is 5.69 Å². The summed E-state index contributed by atoms with van der Waals surface area (Å²) in [4.78, 5) is 24.6. The fourth-order valence-electron chi connectivity index (χ4n) is 4.00. The van der Waals surface area contributed by atoms with E-state index in [0.29, 0.717) is 6.54 Å². The summed E-state index contributed by atoms with van der Waals surface area (Å²) in [5, 5.41) is 6.36. The minimum Gasteiger partial charge on any atom is -0.497 e. The molecule has 2 amide bonds. The SMILES string of the molecule is COc1cc(C)c(NC[C@H](C)NC(=O)C(C(N)=O)C2CCCCC2)c(C)c1. The van der Waals surface area contributed by atoms with E-state index < -0.39 is 11.8 Å². The third kappa shape index (κ3) is 5.62. The van der Waals surface area contributed by atoms with Crippen LogP contribution in [0, 0.1) is 25.7 Å². The van der Waals surface area contributed by atoms with E-state index in [9.17, 15) is 9.59 Å². The summed E-state index contributed by atoms with van der Waals surface area (Å²) >= 11 is 0. The van der Waals surface area contributed by atoms with Crippen LogP contribution in [0.25, 0.3) is 0 Å². The minimum absolute atomic E-state index is 0.0717. The zero-order valence-corrected chi connectivity index (χ0v) is 16.9. The molecule has 1 unspecified atom stereocenters. The highest BCUT2D eigenvalue weighted by Gasteiger charge is 2.34. The Morgan fingerprint density at radius 3 is 2.30 bits per heavy atom. The van der Waals surface area contributed by atoms with E-state index in [1.54, 1.807) is 7.11 Å². The molecule has 1 aromatic rings. The summed E-state index contributed by atoms with van der Waals surface area (Å²) in [6.07, 6.45) is 5.10. The Bertz CT molecular complexity index is 646. The number of methoxy groups -OCH3 is 1. The Balaban J connectivity index is 1.95. The molecule has 0 spiro atoms. The first-order chi connectivity index (χ1) is 12.8. The van der Waals surface area contributed by atoms with Gasteiger partial charge in [-0.25, -0.2) is 0 Å². The third-order valence-corrected chi connectivity index (χ3v) is 5.43. The van der Waals surface area contributed by atoms with E-state index in [2.05, 4.69) is 10.6 Å². The first-order valence-electron chi connectivity index (χ1n) is 9.82. The van der Waals surface area contributed by atoms with E-state index in [1.807, 2.05) is 32.9 Å². The van der Waals surface area contributed by atoms with E-state index in [4.69, 9.17) is 10.5 Å². The molecule has 2 atom stereocenters. The topological polar surface area (TPSA) is 93.4 Å². The molecule has 1 saturated carbocycles. The minimum atomic E-state index is -0.725. The van der Waals surface area contributed by atoms with Crippen molar-refractivity contribution in [1.82, 2.24) is 5.32 Å². The molecule has 1 aliphatic rings. The van der Waals surface area contributed by atoms with Gasteiger partial charge in [-0.05, 0) is 62.8 Å². The van der Waals surface area contributed by atoms with E-state index >= 15 is 0 Å². The van der Waals surface area contributed by atoms with Gasteiger partial charge in [0.1, 0.15) is 11.7 Å². The zero-order valence-electron chi connectivity index (χ0n) is 16.9. The largest absolute Gasteiger partial charge is 0.497 e. The highest BCUT2D eigenvalue weighted by molar-refractivity contribution is 6.00. The molecule has 0 heterocycles. The van der Waals surface area contributed by atoms with Crippen LogP contribution >= 0.6 is 0 Å². The maximum atomic E-state index is 12.7. The number of primary amides is 1. The van der Waals surface area contributed by atoms with Crippen molar-refractivity contribution in [2.24, 2.45) is 17.6 Å². The van der Waals surface area contributed by atoms with Crippen molar-refractivity contribution in [3.8, 4) is 5.75 Å². The first kappa shape index (κ1) is 21.1. The molecule has 0 aliphatic heterocycles. The van der Waals surface area contributed by atoms with Crippen molar-refractivity contribution < 1.29 is 14.3 Å². The zero-order chi connectivity index (χ0) is 20.0. The average molecular weight is 376 g/mol. The Hall–Kier alpha value is -2.24. The number of carbonyl (C=O) groups is 2. The molecule has 6 nitrogen and oxygen atoms in total. The number of nitrogens with two attached hydrogens (primary N) is 1. The number of carbonyl (C=O) groups excluding carboxylic acids is 2. The van der Waals surface area contributed by atoms with E-state index in [0.717, 1.165) is 48.2 Å². The summed E-state index contributed by atoms with van der Waals surface area (Å²) in [6.45, 7) is 6.54. The Kier molecular flexibility index (Phi) is 7.51. The summed E-state index contributed by atoms with van der Waals surface area (Å²) in [5.74, 6) is -0.582. The molecule has 0 radical (unpaired) electrons. The second-order valence-corrected chi connectivity index (χ2v) is 7.70. The van der Waals surface area contributed by atoms with Gasteiger partial charge in [-0.15, -0.1) is 0 Å². The monoisotopic (exact) mass is 375 g/mol. The average Bonchev–Trinajstić information content (AvgIpc) is 2.61. The quantitative estimate of drug-likeness (QED) is 0.609. The lowest BCUT2D eigenvalue weighted by molar-refractivity contribution is -0.136. The number of nitrogens with one attached hydrogen (secondary N) is 2. The van der Waals surface area contributed by atoms with Gasteiger partial charge < -0.3 is 21.1 Å². The van der Waals surface area contributed by atoms with Gasteiger partial charge in [0, 0.05) is 18.3 Å². The lowest BCUT2D eigenvalue weighted by Crippen LogP contribution is -2.47. The molecule has 6 heteroatoms. The number of benzene rings is 1. The molecule has 1 aliphatic carbocycles. The van der Waals surface area contributed by atoms with Crippen LogP contribution in [0.15, 0.2) is 12.1 Å². The smallest absolute Gasteiger partial charge is 0.233 e. The number of hydrogen-bond acceptors (Lipinski definition) is 4. The van der Waals surface area contributed by atoms with Crippen molar-refractivity contribution in [2.45, 2.75) is 58.9 Å². The van der Waals surface area contributed by atoms with Gasteiger partial charge in [-0.1, -0.05) is 19.3 Å². The second-order valence-electron chi connectivity index (χ2n) is 7.70. The van der Waals surface area contributed by atoms with Crippen LogP contribution in [0.1, 0.15) is 50.2 Å². The van der Waals surface area contributed by atoms with Gasteiger partial charge in [-0.2, -0.15) is 0 Å². The molecule has 0 bridgehead atoms. The van der Waals surface area contributed by atoms with E-state index in [1.165, 1.54) is 6.42 Å². The van der Waals surface area contributed by atoms with Crippen molar-refractivity contribution in [3.05, 3.63) is 23.3 Å². The van der Waals surface area contributed by atoms with E-state index in [-0.39, 0.29) is 17.9 Å². The molecule has 2 rings (SSSR count). The van der Waals surface area contributed by atoms with Crippen LogP contribution in [0.2, 0.25) is 0 Å². The maximum absolute atomic E-state index is 12.7. The molecular weight excluding hydrogens is 342 g/mol. The Labute approximate surface area is 162 Å². The van der Waals surface area contributed by atoms with Gasteiger partial charge in [0.25, 0.3) is 0 Å². The van der Waals surface area contributed by atoms with Crippen LogP contribution in [-0.4, -0.2) is 31.5 Å². The fourth-order valence-corrected chi connectivity index (χ4v) is 4.00. The molecule has 1 fully saturated rings. The number of anilines is 1. The predicted octanol–water partition coefficient (Wildman–Crippen LogP) is 2.91. The van der Waals surface area contributed by atoms with Gasteiger partial charge in [0.15, 0.2) is 0 Å². The molecule has 150 valence electrons. The highest BCUT2D eigenvalue weighted by atomic mass is 16.5. The van der Waals surface area contributed by atoms with Gasteiger partial charge in [0.05, 0.1) is 7.11 Å². The molecule has 0 saturated heterocycles. The predicted molar refractivity (Wildman–Crippen MR) is 108 cm³/mol. The van der Waals surface area contributed by atoms with Crippen molar-refractivity contribution in [1.29, 1.82) is 0 Å². The molecule has 1 aromatic carbocycles. The lowest BCUT2D eigenvalue weighted by Gasteiger charge is -2.28. The Morgan fingerprint density at radius 1 is 1.19 bits per heavy atom. The molecular formula is C21H33N3O3. The summed E-state index contributed by atoms with van der Waals surface area (Å²) in [6, 6.07) is 3.83. The number of aryl methyl sites for hydroxylation is 2. The van der Waals surface area contributed by atoms with Gasteiger partial charge >= 0.3 is 0 Å². The molecule has 4 N–H and O–H groups in total. The van der Waals surface area contributed by atoms with Gasteiger partial charge in [-0.3, -0.25) is 9.59 Å². The summed E-state index contributed by atoms with van der Waals surface area (Å²) in [7, 11) is 1.65. The standard InChI is InChI=1S/C21H33N3O3/c1-13-10-17(27-4)11-14(2)19(13)23-12-15(3)24-21(26)18(20(22)25)16-8-6-5-7-9-16/h10-11,15-16,18,23H,5-9,12H2,1-4H3,(H2,22,25)(H,24,26)/t15-,18?/m0/s1. The van der Waals surface area contributed by atoms with Crippen LogP contribution in [0.3, 0.4) is 0 Å². The van der Waals surface area contributed by atoms with Crippen LogP contribution in [0.5, 0.6) is 5.75 Å². The fraction of sp³-hybridized carbons (Fsp3) is 0.619. The number of amides is 2. The second kappa shape index (κ2) is 9.62. The maximum Gasteiger partial charge on any atom is 0.233 e. The van der Waals surface area contributed by atoms with Crippen molar-refractivity contribution in [2.75, 3.05) is 19.0 Å².